The highest BCUT2D eigenvalue weighted by molar-refractivity contribution is 6.17. The molecule has 0 atom stereocenters. The average molecular weight is 353 g/mol. The molecular formula is C25H23NO. The largest absolute Gasteiger partial charge is 0.344 e. The molecule has 3 aromatic carbocycles. The molecule has 0 amide bonds. The van der Waals surface area contributed by atoms with Crippen LogP contribution in [0.4, 0.5) is 5.69 Å². The molecule has 2 aliphatic heterocycles. The van der Waals surface area contributed by atoms with E-state index in [1.807, 2.05) is 18.2 Å². The Balaban J connectivity index is 1.67. The van der Waals surface area contributed by atoms with E-state index in [0.717, 1.165) is 35.9 Å². The first-order chi connectivity index (χ1) is 13.2. The van der Waals surface area contributed by atoms with Crippen LogP contribution in [0, 0.1) is 6.92 Å². The van der Waals surface area contributed by atoms with E-state index in [2.05, 4.69) is 54.3 Å². The molecule has 0 N–H and O–H groups in total. The number of hydrogen-bond donors (Lipinski definition) is 0. The molecule has 0 radical (unpaired) electrons. The second-order valence-corrected chi connectivity index (χ2v) is 7.64. The summed E-state index contributed by atoms with van der Waals surface area (Å²) in [6, 6.07) is 20.9. The Morgan fingerprint density at radius 3 is 2.56 bits per heavy atom. The van der Waals surface area contributed by atoms with Crippen LogP contribution in [0.3, 0.4) is 0 Å². The minimum atomic E-state index is 0.197. The maximum atomic E-state index is 13.7. The van der Waals surface area contributed by atoms with Crippen LogP contribution in [-0.2, 0) is 6.42 Å². The second-order valence-electron chi connectivity index (χ2n) is 7.64. The van der Waals surface area contributed by atoms with Gasteiger partial charge in [-0.3, -0.25) is 4.79 Å². The minimum absolute atomic E-state index is 0.197. The van der Waals surface area contributed by atoms with Gasteiger partial charge in [0.05, 0.1) is 0 Å². The van der Waals surface area contributed by atoms with Gasteiger partial charge >= 0.3 is 0 Å². The number of nitrogens with zero attached hydrogens (tertiary/aromatic N) is 1. The zero-order valence-corrected chi connectivity index (χ0v) is 15.7. The van der Waals surface area contributed by atoms with Gasteiger partial charge in [0.25, 0.3) is 0 Å². The first-order valence-electron chi connectivity index (χ1n) is 9.84. The monoisotopic (exact) mass is 353 g/mol. The number of ketones is 1. The van der Waals surface area contributed by atoms with Gasteiger partial charge in [-0.2, -0.15) is 0 Å². The lowest BCUT2D eigenvalue weighted by Crippen LogP contribution is -2.34. The van der Waals surface area contributed by atoms with E-state index in [4.69, 9.17) is 0 Å². The van der Waals surface area contributed by atoms with Crippen LogP contribution in [0.5, 0.6) is 0 Å². The number of rotatable bonds is 2. The smallest absolute Gasteiger partial charge is 0.191 e. The summed E-state index contributed by atoms with van der Waals surface area (Å²) in [7, 11) is 0. The molecule has 1 saturated heterocycles. The molecule has 0 saturated carbocycles. The van der Waals surface area contributed by atoms with Gasteiger partial charge in [-0.1, -0.05) is 54.6 Å². The minimum Gasteiger partial charge on any atom is -0.344 e. The van der Waals surface area contributed by atoms with Crippen molar-refractivity contribution in [3.05, 3.63) is 88.6 Å². The molecule has 2 heteroatoms. The Bertz CT molecular complexity index is 1090. The Morgan fingerprint density at radius 1 is 0.889 bits per heavy atom. The zero-order chi connectivity index (χ0) is 18.4. The van der Waals surface area contributed by atoms with Crippen molar-refractivity contribution >= 4 is 22.2 Å². The maximum Gasteiger partial charge on any atom is 0.191 e. The van der Waals surface area contributed by atoms with E-state index in [1.54, 1.807) is 0 Å². The number of carbonyl (C=O) groups is 1. The third-order valence-corrected chi connectivity index (χ3v) is 6.03. The third kappa shape index (κ3) is 2.59. The van der Waals surface area contributed by atoms with Crippen molar-refractivity contribution in [1.29, 1.82) is 0 Å². The van der Waals surface area contributed by atoms with Gasteiger partial charge in [0.2, 0.25) is 0 Å². The van der Waals surface area contributed by atoms with Crippen molar-refractivity contribution in [3.8, 4) is 0 Å². The third-order valence-electron chi connectivity index (χ3n) is 6.03. The summed E-state index contributed by atoms with van der Waals surface area (Å²) in [6.07, 6.45) is 4.09. The van der Waals surface area contributed by atoms with Gasteiger partial charge < -0.3 is 4.90 Å². The number of Topliss-reactive ketones (excluding diaryl/α,β-unsaturated/α-hetero) is 1. The number of piperidine rings is 1. The van der Waals surface area contributed by atoms with Crippen LogP contribution in [-0.4, -0.2) is 12.3 Å². The number of benzene rings is 3. The number of hydrogen-bond acceptors (Lipinski definition) is 2. The number of allylic oxidation sites excluding steroid dienone is 2. The van der Waals surface area contributed by atoms with Crippen LogP contribution >= 0.6 is 0 Å². The van der Waals surface area contributed by atoms with Gasteiger partial charge in [-0.05, 0) is 54.2 Å². The molecule has 2 nitrogen and oxygen atoms in total. The lowest BCUT2D eigenvalue weighted by atomic mass is 9.85. The van der Waals surface area contributed by atoms with E-state index >= 15 is 0 Å². The summed E-state index contributed by atoms with van der Waals surface area (Å²) in [6.45, 7) is 3.12. The van der Waals surface area contributed by atoms with Crippen LogP contribution in [0.25, 0.3) is 10.8 Å². The lowest BCUT2D eigenvalue weighted by Gasteiger charge is -2.38. The SMILES string of the molecule is Cc1ccc(C(=O)C2=C3CCCCN3c3ccccc3C2)c2ccccc12. The van der Waals surface area contributed by atoms with Gasteiger partial charge in [-0.25, -0.2) is 0 Å². The fraction of sp³-hybridized carbons (Fsp3) is 0.240. The summed E-state index contributed by atoms with van der Waals surface area (Å²) in [5, 5.41) is 2.24. The highest BCUT2D eigenvalue weighted by Gasteiger charge is 2.30. The van der Waals surface area contributed by atoms with Gasteiger partial charge in [0.15, 0.2) is 5.78 Å². The molecule has 0 aliphatic carbocycles. The molecule has 0 bridgehead atoms. The number of para-hydroxylation sites is 1. The van der Waals surface area contributed by atoms with E-state index in [-0.39, 0.29) is 5.78 Å². The quantitative estimate of drug-likeness (QED) is 0.540. The van der Waals surface area contributed by atoms with E-state index in [0.29, 0.717) is 0 Å². The predicted molar refractivity (Wildman–Crippen MR) is 111 cm³/mol. The van der Waals surface area contributed by atoms with E-state index < -0.39 is 0 Å². The van der Waals surface area contributed by atoms with E-state index in [9.17, 15) is 4.79 Å². The Kier molecular flexibility index (Phi) is 3.86. The van der Waals surface area contributed by atoms with Crippen molar-refractivity contribution in [2.75, 3.05) is 11.4 Å². The number of carbonyl (C=O) groups excluding carboxylic acids is 1. The topological polar surface area (TPSA) is 20.3 Å². The molecule has 0 aromatic heterocycles. The van der Waals surface area contributed by atoms with E-state index in [1.165, 1.54) is 40.7 Å². The highest BCUT2D eigenvalue weighted by Crippen LogP contribution is 2.39. The van der Waals surface area contributed by atoms with Gasteiger partial charge in [-0.15, -0.1) is 0 Å². The van der Waals surface area contributed by atoms with Crippen molar-refractivity contribution in [3.63, 3.8) is 0 Å². The molecule has 0 spiro atoms. The normalized spacial score (nSPS) is 16.3. The summed E-state index contributed by atoms with van der Waals surface area (Å²) >= 11 is 0. The summed E-state index contributed by atoms with van der Waals surface area (Å²) in [4.78, 5) is 16.1. The number of fused-ring (bicyclic) bond motifs is 4. The Hall–Kier alpha value is -2.87. The first kappa shape index (κ1) is 16.3. The highest BCUT2D eigenvalue weighted by atomic mass is 16.1. The van der Waals surface area contributed by atoms with Crippen molar-refractivity contribution in [2.24, 2.45) is 0 Å². The summed E-state index contributed by atoms with van der Waals surface area (Å²) < 4.78 is 0. The Morgan fingerprint density at radius 2 is 1.67 bits per heavy atom. The average Bonchev–Trinajstić information content (AvgIpc) is 2.73. The standard InChI is InChI=1S/C25H23NO/c1-17-13-14-21(20-10-4-3-9-19(17)20)25(27)22-16-18-8-2-5-11-23(18)26-15-7-6-12-24(22)26/h2-5,8-11,13-14H,6-7,12,15-16H2,1H3. The first-order valence-corrected chi connectivity index (χ1v) is 9.84. The molecule has 2 heterocycles. The predicted octanol–water partition coefficient (Wildman–Crippen LogP) is 5.83. The maximum absolute atomic E-state index is 13.7. The van der Waals surface area contributed by atoms with Crippen molar-refractivity contribution in [2.45, 2.75) is 32.6 Å². The summed E-state index contributed by atoms with van der Waals surface area (Å²) in [5.74, 6) is 0.197. The molecule has 0 unspecified atom stereocenters. The van der Waals surface area contributed by atoms with Crippen LogP contribution in [0.15, 0.2) is 71.9 Å². The molecule has 134 valence electrons. The van der Waals surface area contributed by atoms with Gasteiger partial charge in [0, 0.05) is 35.5 Å². The fourth-order valence-electron chi connectivity index (χ4n) is 4.65. The molecular weight excluding hydrogens is 330 g/mol. The number of anilines is 1. The van der Waals surface area contributed by atoms with Crippen LogP contribution < -0.4 is 4.90 Å². The molecule has 2 aliphatic rings. The van der Waals surface area contributed by atoms with Crippen molar-refractivity contribution < 1.29 is 4.79 Å². The Labute approximate surface area is 160 Å². The lowest BCUT2D eigenvalue weighted by molar-refractivity contribution is 0.103. The molecule has 3 aromatic rings. The van der Waals surface area contributed by atoms with Crippen molar-refractivity contribution in [1.82, 2.24) is 0 Å². The van der Waals surface area contributed by atoms with Crippen LogP contribution in [0.1, 0.15) is 40.7 Å². The molecule has 1 fully saturated rings. The molecule has 27 heavy (non-hydrogen) atoms. The fourth-order valence-corrected chi connectivity index (χ4v) is 4.65. The number of aryl methyl sites for hydroxylation is 1. The second kappa shape index (κ2) is 6.38. The molecule has 5 rings (SSSR count). The van der Waals surface area contributed by atoms with Crippen LogP contribution in [0.2, 0.25) is 0 Å². The van der Waals surface area contributed by atoms with Gasteiger partial charge in [0.1, 0.15) is 0 Å². The summed E-state index contributed by atoms with van der Waals surface area (Å²) in [5.41, 5.74) is 6.84. The zero-order valence-electron chi connectivity index (χ0n) is 15.7.